The van der Waals surface area contributed by atoms with Gasteiger partial charge in [-0.25, -0.2) is 6.08 Å². The Kier molecular flexibility index (Phi) is 12.8. The van der Waals surface area contributed by atoms with Gasteiger partial charge in [0.05, 0.1) is 0 Å². The summed E-state index contributed by atoms with van der Waals surface area (Å²) in [5.41, 5.74) is 7.91. The van der Waals surface area contributed by atoms with Crippen molar-refractivity contribution in [3.05, 3.63) is 225 Å². The Morgan fingerprint density at radius 2 is 0.870 bits per heavy atom. The molecule has 46 heavy (non-hydrogen) atoms. The van der Waals surface area contributed by atoms with Crippen molar-refractivity contribution in [2.24, 2.45) is 0 Å². The normalized spacial score (nSPS) is 11.4. The first-order valence-corrected chi connectivity index (χ1v) is 16.1. The molecule has 0 N–H and O–H groups in total. The summed E-state index contributed by atoms with van der Waals surface area (Å²) in [5, 5.41) is 5.39. The van der Waals surface area contributed by atoms with E-state index in [1.165, 1.54) is 82.4 Å². The molecule has 0 saturated carbocycles. The molecule has 0 heterocycles. The molecule has 0 spiro atoms. The van der Waals surface area contributed by atoms with Crippen LogP contribution >= 0.6 is 0 Å². The first-order chi connectivity index (χ1) is 21.8. The number of hydrogen-bond acceptors (Lipinski definition) is 0. The molecule has 0 atom stereocenters. The molecule has 0 unspecified atom stereocenters. The topological polar surface area (TPSA) is 0 Å². The zero-order valence-electron chi connectivity index (χ0n) is 26.5. The van der Waals surface area contributed by atoms with Crippen LogP contribution in [0.2, 0.25) is 0 Å². The molecule has 0 amide bonds. The first kappa shape index (κ1) is 34.3. The summed E-state index contributed by atoms with van der Waals surface area (Å²) in [6, 6.07) is 61.5. The van der Waals surface area contributed by atoms with Crippen molar-refractivity contribution in [1.82, 2.24) is 0 Å². The predicted molar refractivity (Wildman–Crippen MR) is 198 cm³/mol. The molecule has 0 radical (unpaired) electrons. The molecule has 0 nitrogen and oxygen atoms in total. The minimum atomic E-state index is 0. The standard InChI is InChI=1S/C17H13.C13H9.C13H10.2CH3.Zr/c1-3-8-14(9-4-1)16-12-7-13-17(16)15-10-5-2-6-11-15;1-3-7-12-10(5-1)9-11-6-2-4-8-13(11)12;1-3-7-12(8-4-1)11-13-9-5-2-6-10-13;;;/h1-6,8-12H,13H2;1-9H;1-10H;2*1H3;/q2*-1;;2*-1;. The molecule has 1 aliphatic rings. The Bertz CT molecular complexity index is 1920. The van der Waals surface area contributed by atoms with Crippen LogP contribution in [-0.2, 0) is 24.2 Å². The number of fused-ring (bicyclic) bond motifs is 3. The van der Waals surface area contributed by atoms with Gasteiger partial charge in [0, 0.05) is 0 Å². The van der Waals surface area contributed by atoms with Gasteiger partial charge in [0.1, 0.15) is 0 Å². The van der Waals surface area contributed by atoms with Crippen LogP contribution in [-0.4, -0.2) is 3.21 Å². The second-order valence-corrected chi connectivity index (χ2v) is 11.8. The van der Waals surface area contributed by atoms with Gasteiger partial charge >= 0.3 is 99.2 Å². The predicted octanol–water partition coefficient (Wildman–Crippen LogP) is 11.8. The Labute approximate surface area is 290 Å². The number of rotatable bonds is 4. The van der Waals surface area contributed by atoms with Gasteiger partial charge in [-0.3, -0.25) is 6.08 Å². The van der Waals surface area contributed by atoms with E-state index < -0.39 is 0 Å². The molecule has 0 saturated heterocycles. The Morgan fingerprint density at radius 3 is 1.35 bits per heavy atom. The number of allylic oxidation sites excluding steroid dienone is 4. The average Bonchev–Trinajstić information content (AvgIpc) is 3.76. The third-order valence-electron chi connectivity index (χ3n) is 7.71. The van der Waals surface area contributed by atoms with E-state index in [0.717, 1.165) is 6.42 Å². The second-order valence-electron chi connectivity index (χ2n) is 10.6. The van der Waals surface area contributed by atoms with Crippen LogP contribution in [0.4, 0.5) is 0 Å². The first-order valence-electron chi connectivity index (χ1n) is 14.9. The van der Waals surface area contributed by atoms with E-state index in [1.807, 2.05) is 0 Å². The fourth-order valence-electron chi connectivity index (χ4n) is 5.49. The van der Waals surface area contributed by atoms with Crippen molar-refractivity contribution in [1.29, 1.82) is 0 Å². The van der Waals surface area contributed by atoms with Crippen LogP contribution in [0.3, 0.4) is 0 Å². The van der Waals surface area contributed by atoms with Crippen molar-refractivity contribution in [3.8, 4) is 0 Å². The van der Waals surface area contributed by atoms with Crippen molar-refractivity contribution < 1.29 is 24.2 Å². The van der Waals surface area contributed by atoms with Gasteiger partial charge in [0.15, 0.2) is 0 Å². The molecule has 7 aromatic rings. The summed E-state index contributed by atoms with van der Waals surface area (Å²) in [5.74, 6) is 0. The van der Waals surface area contributed by atoms with Crippen LogP contribution in [0.25, 0.3) is 32.7 Å². The minimum Gasteiger partial charge on any atom is -0.126 e. The number of benzene rings is 6. The van der Waals surface area contributed by atoms with Gasteiger partial charge in [-0.2, -0.15) is 5.57 Å². The van der Waals surface area contributed by atoms with Gasteiger partial charge in [-0.05, 0) is 5.56 Å². The van der Waals surface area contributed by atoms with E-state index in [1.54, 1.807) is 0 Å². The summed E-state index contributed by atoms with van der Waals surface area (Å²) >= 11 is 1.46. The van der Waals surface area contributed by atoms with Gasteiger partial charge in [-0.15, -0.1) is 57.3 Å². The van der Waals surface area contributed by atoms with Crippen molar-refractivity contribution >= 4 is 35.9 Å². The summed E-state index contributed by atoms with van der Waals surface area (Å²) in [6.07, 6.45) is 6.34. The average molecular weight is 670 g/mol. The van der Waals surface area contributed by atoms with Gasteiger partial charge in [0.25, 0.3) is 0 Å². The van der Waals surface area contributed by atoms with E-state index in [2.05, 4.69) is 188 Å². The minimum absolute atomic E-state index is 0. The molecule has 0 aliphatic heterocycles. The molecular formula is C45H38Zr-4. The maximum atomic E-state index is 3.32. The van der Waals surface area contributed by atoms with Crippen LogP contribution in [0.15, 0.2) is 182 Å². The van der Waals surface area contributed by atoms with E-state index in [0.29, 0.717) is 0 Å². The van der Waals surface area contributed by atoms with Crippen molar-refractivity contribution in [2.45, 2.75) is 6.42 Å². The SMILES string of the molecule is [C-]1=CC(c2ccccc2)=C(c2ccccc2)C1.[CH3-].[CH3-].[Zr]=[C](c1ccccc1)c1ccccc1.c1ccc2c(c1)[cH-]c1ccccc12. The van der Waals surface area contributed by atoms with Crippen LogP contribution in [0.1, 0.15) is 28.7 Å². The molecule has 1 heteroatoms. The van der Waals surface area contributed by atoms with Gasteiger partial charge in [0.2, 0.25) is 0 Å². The second kappa shape index (κ2) is 17.2. The largest absolute Gasteiger partial charge is 0.126 e. The Hall–Kier alpha value is -4.58. The third-order valence-corrected chi connectivity index (χ3v) is 9.12. The van der Waals surface area contributed by atoms with E-state index in [-0.39, 0.29) is 14.9 Å². The molecule has 1 aliphatic carbocycles. The monoisotopic (exact) mass is 668 g/mol. The Morgan fingerprint density at radius 1 is 0.478 bits per heavy atom. The smallest absolute Gasteiger partial charge is 0.0771 e. The third kappa shape index (κ3) is 8.36. The number of hydrogen-bond donors (Lipinski definition) is 0. The van der Waals surface area contributed by atoms with Crippen LogP contribution in [0, 0.1) is 20.9 Å². The fourth-order valence-corrected chi connectivity index (χ4v) is 6.31. The molecular weight excluding hydrogens is 632 g/mol. The molecule has 8 rings (SSSR count). The fraction of sp³-hybridized carbons (Fsp3) is 0.0222. The van der Waals surface area contributed by atoms with E-state index in [4.69, 9.17) is 0 Å². The van der Waals surface area contributed by atoms with Gasteiger partial charge in [-0.1, -0.05) is 97.1 Å². The summed E-state index contributed by atoms with van der Waals surface area (Å²) in [7, 11) is 0. The van der Waals surface area contributed by atoms with Crippen molar-refractivity contribution in [2.75, 3.05) is 0 Å². The summed E-state index contributed by atoms with van der Waals surface area (Å²) in [4.78, 5) is 0. The molecule has 0 aromatic heterocycles. The Balaban J connectivity index is 0.000000155. The zero-order chi connectivity index (χ0) is 30.0. The maximum Gasteiger partial charge on any atom is -0.0771 e. The van der Waals surface area contributed by atoms with Crippen LogP contribution in [0.5, 0.6) is 0 Å². The van der Waals surface area contributed by atoms with E-state index in [9.17, 15) is 0 Å². The van der Waals surface area contributed by atoms with Gasteiger partial charge < -0.3 is 14.9 Å². The molecule has 0 bridgehead atoms. The van der Waals surface area contributed by atoms with E-state index >= 15 is 0 Å². The molecule has 226 valence electrons. The summed E-state index contributed by atoms with van der Waals surface area (Å²) in [6.45, 7) is 0. The zero-order valence-corrected chi connectivity index (χ0v) is 29.0. The van der Waals surface area contributed by atoms with Crippen LogP contribution < -0.4 is 0 Å². The maximum absolute atomic E-state index is 3.32. The summed E-state index contributed by atoms with van der Waals surface area (Å²) < 4.78 is 1.42. The molecule has 7 aromatic carbocycles. The van der Waals surface area contributed by atoms with Crippen molar-refractivity contribution in [3.63, 3.8) is 0 Å². The molecule has 0 fully saturated rings. The quantitative estimate of drug-likeness (QED) is 0.164.